The van der Waals surface area contributed by atoms with E-state index in [-0.39, 0.29) is 12.5 Å². The number of pyridine rings is 1. The van der Waals surface area contributed by atoms with E-state index in [1.807, 2.05) is 37.3 Å². The summed E-state index contributed by atoms with van der Waals surface area (Å²) in [4.78, 5) is 31.4. The van der Waals surface area contributed by atoms with Gasteiger partial charge in [-0.25, -0.2) is 9.78 Å². The van der Waals surface area contributed by atoms with Crippen LogP contribution in [-0.2, 0) is 16.9 Å². The topological polar surface area (TPSA) is 66.7 Å². The van der Waals surface area contributed by atoms with Gasteiger partial charge in [0.05, 0.1) is 17.3 Å². The maximum Gasteiger partial charge on any atom is 0.325 e. The van der Waals surface area contributed by atoms with Crippen molar-refractivity contribution in [3.8, 4) is 0 Å². The van der Waals surface area contributed by atoms with E-state index in [2.05, 4.69) is 10.3 Å². The van der Waals surface area contributed by atoms with Crippen LogP contribution < -0.4 is 5.32 Å². The Kier molecular flexibility index (Phi) is 3.92. The second kappa shape index (κ2) is 6.14. The molecule has 1 N–H and O–H groups in total. The van der Waals surface area contributed by atoms with Crippen molar-refractivity contribution < 1.29 is 9.59 Å². The summed E-state index contributed by atoms with van der Waals surface area (Å²) in [5.74, 6) is -0.258. The molecular formula is C19H17ClN4O2. The Morgan fingerprint density at radius 3 is 2.62 bits per heavy atom. The smallest absolute Gasteiger partial charge is 0.319 e. The first-order valence-electron chi connectivity index (χ1n) is 8.36. The van der Waals surface area contributed by atoms with Crippen molar-refractivity contribution in [2.24, 2.45) is 0 Å². The zero-order valence-corrected chi connectivity index (χ0v) is 14.9. The summed E-state index contributed by atoms with van der Waals surface area (Å²) >= 11 is 5.99. The van der Waals surface area contributed by atoms with E-state index in [4.69, 9.17) is 11.6 Å². The molecular weight excluding hydrogens is 352 g/mol. The van der Waals surface area contributed by atoms with E-state index < -0.39 is 11.6 Å². The summed E-state index contributed by atoms with van der Waals surface area (Å²) in [6.45, 7) is 2.00. The van der Waals surface area contributed by atoms with Crippen molar-refractivity contribution >= 4 is 29.2 Å². The Balaban J connectivity index is 1.66. The predicted molar refractivity (Wildman–Crippen MR) is 97.7 cm³/mol. The number of urea groups is 1. The molecule has 3 amide bonds. The van der Waals surface area contributed by atoms with Gasteiger partial charge in [0.25, 0.3) is 5.91 Å². The molecule has 4 rings (SSSR count). The van der Waals surface area contributed by atoms with E-state index in [1.54, 1.807) is 28.9 Å². The van der Waals surface area contributed by atoms with Gasteiger partial charge in [-0.1, -0.05) is 48.9 Å². The molecule has 1 aliphatic heterocycles. The molecule has 6 nitrogen and oxygen atoms in total. The van der Waals surface area contributed by atoms with E-state index >= 15 is 0 Å². The molecule has 1 aromatic carbocycles. The zero-order valence-electron chi connectivity index (χ0n) is 14.1. The minimum atomic E-state index is -1.03. The van der Waals surface area contributed by atoms with Crippen LogP contribution in [0.2, 0.25) is 5.02 Å². The number of carbonyl (C=O) groups excluding carboxylic acids is 2. The van der Waals surface area contributed by atoms with Gasteiger partial charge >= 0.3 is 6.03 Å². The van der Waals surface area contributed by atoms with E-state index in [1.165, 1.54) is 4.90 Å². The minimum Gasteiger partial charge on any atom is -0.319 e. The molecule has 0 saturated carbocycles. The van der Waals surface area contributed by atoms with Crippen LogP contribution in [0.15, 0.2) is 54.9 Å². The average Bonchev–Trinajstić information content (AvgIpc) is 3.15. The van der Waals surface area contributed by atoms with Crippen molar-refractivity contribution in [3.63, 3.8) is 0 Å². The first kappa shape index (κ1) is 16.6. The van der Waals surface area contributed by atoms with Gasteiger partial charge in [0, 0.05) is 12.4 Å². The van der Waals surface area contributed by atoms with Gasteiger partial charge in [0.2, 0.25) is 0 Å². The summed E-state index contributed by atoms with van der Waals surface area (Å²) in [5.41, 5.74) is 1.09. The van der Waals surface area contributed by atoms with Crippen LogP contribution in [0.1, 0.15) is 24.6 Å². The number of hydrogen-bond acceptors (Lipinski definition) is 3. The molecule has 26 heavy (non-hydrogen) atoms. The molecule has 0 unspecified atom stereocenters. The standard InChI is InChI=1S/C19H17ClN4O2/c1-2-19(13-6-4-3-5-7-13)17(25)24(18(26)22-19)12-15-11-23-10-14(20)8-9-16(23)21-15/h3-11H,2,12H2,1H3,(H,22,26)/t19-/m1/s1. The van der Waals surface area contributed by atoms with Gasteiger partial charge < -0.3 is 9.72 Å². The number of rotatable bonds is 4. The number of fused-ring (bicyclic) bond motifs is 1. The van der Waals surface area contributed by atoms with Gasteiger partial charge in [0.15, 0.2) is 0 Å². The number of amides is 3. The third kappa shape index (κ3) is 2.54. The number of hydrogen-bond donors (Lipinski definition) is 1. The highest BCUT2D eigenvalue weighted by atomic mass is 35.5. The second-order valence-electron chi connectivity index (χ2n) is 6.29. The number of nitrogens with one attached hydrogen (secondary N) is 1. The number of imide groups is 1. The summed E-state index contributed by atoms with van der Waals surface area (Å²) in [7, 11) is 0. The highest BCUT2D eigenvalue weighted by Crippen LogP contribution is 2.33. The van der Waals surface area contributed by atoms with E-state index in [9.17, 15) is 9.59 Å². The zero-order chi connectivity index (χ0) is 18.3. The van der Waals surface area contributed by atoms with Crippen LogP contribution in [-0.4, -0.2) is 26.2 Å². The Morgan fingerprint density at radius 1 is 1.12 bits per heavy atom. The lowest BCUT2D eigenvalue weighted by Gasteiger charge is -2.25. The third-order valence-corrected chi connectivity index (χ3v) is 4.98. The van der Waals surface area contributed by atoms with Crippen molar-refractivity contribution in [2.45, 2.75) is 25.4 Å². The molecule has 3 aromatic rings. The quantitative estimate of drug-likeness (QED) is 0.718. The number of halogens is 1. The Bertz CT molecular complexity index is 1000. The average molecular weight is 369 g/mol. The molecule has 1 fully saturated rings. The minimum absolute atomic E-state index is 0.110. The van der Waals surface area contributed by atoms with Gasteiger partial charge in [-0.2, -0.15) is 0 Å². The normalized spacial score (nSPS) is 20.0. The van der Waals surface area contributed by atoms with E-state index in [0.717, 1.165) is 5.56 Å². The van der Waals surface area contributed by atoms with Crippen molar-refractivity contribution in [1.29, 1.82) is 0 Å². The number of aromatic nitrogens is 2. The fourth-order valence-corrected chi connectivity index (χ4v) is 3.56. The van der Waals surface area contributed by atoms with Crippen molar-refractivity contribution in [2.75, 3.05) is 0 Å². The van der Waals surface area contributed by atoms with Crippen LogP contribution >= 0.6 is 11.6 Å². The highest BCUT2D eigenvalue weighted by Gasteiger charge is 2.51. The SMILES string of the molecule is CC[C@]1(c2ccccc2)NC(=O)N(Cc2cn3cc(Cl)ccc3n2)C1=O. The second-order valence-corrected chi connectivity index (χ2v) is 6.73. The molecule has 0 bridgehead atoms. The molecule has 1 aliphatic rings. The molecule has 0 radical (unpaired) electrons. The third-order valence-electron chi connectivity index (χ3n) is 4.76. The molecule has 7 heteroatoms. The Morgan fingerprint density at radius 2 is 1.88 bits per heavy atom. The predicted octanol–water partition coefficient (Wildman–Crippen LogP) is 3.35. The van der Waals surface area contributed by atoms with Crippen LogP contribution in [0.25, 0.3) is 5.65 Å². The number of nitrogens with zero attached hydrogens (tertiary/aromatic N) is 3. The highest BCUT2D eigenvalue weighted by molar-refractivity contribution is 6.30. The van der Waals surface area contributed by atoms with Crippen LogP contribution in [0, 0.1) is 0 Å². The molecule has 132 valence electrons. The Hall–Kier alpha value is -2.86. The molecule has 0 spiro atoms. The maximum atomic E-state index is 13.1. The first-order chi connectivity index (χ1) is 12.5. The largest absolute Gasteiger partial charge is 0.325 e. The fraction of sp³-hybridized carbons (Fsp3) is 0.211. The van der Waals surface area contributed by atoms with Crippen molar-refractivity contribution in [1.82, 2.24) is 19.6 Å². The van der Waals surface area contributed by atoms with Gasteiger partial charge in [0.1, 0.15) is 11.2 Å². The molecule has 0 aliphatic carbocycles. The lowest BCUT2D eigenvalue weighted by Crippen LogP contribution is -2.43. The maximum absolute atomic E-state index is 13.1. The van der Waals surface area contributed by atoms with Gasteiger partial charge in [-0.3, -0.25) is 9.69 Å². The Labute approximate surface area is 155 Å². The molecule has 3 heterocycles. The van der Waals surface area contributed by atoms with Crippen molar-refractivity contribution in [3.05, 3.63) is 71.1 Å². The molecule has 2 aromatic heterocycles. The molecule has 1 saturated heterocycles. The molecule has 1 atom stereocenters. The number of benzene rings is 1. The number of imidazole rings is 1. The summed E-state index contributed by atoms with van der Waals surface area (Å²) in [6, 6.07) is 12.5. The van der Waals surface area contributed by atoms with Crippen LogP contribution in [0.3, 0.4) is 0 Å². The van der Waals surface area contributed by atoms with Crippen LogP contribution in [0.4, 0.5) is 4.79 Å². The lowest BCUT2D eigenvalue weighted by atomic mass is 9.87. The fourth-order valence-electron chi connectivity index (χ4n) is 3.39. The van der Waals surface area contributed by atoms with Gasteiger partial charge in [-0.05, 0) is 24.1 Å². The first-order valence-corrected chi connectivity index (χ1v) is 8.74. The lowest BCUT2D eigenvalue weighted by molar-refractivity contribution is -0.132. The van der Waals surface area contributed by atoms with Gasteiger partial charge in [-0.15, -0.1) is 0 Å². The number of carbonyl (C=O) groups is 2. The van der Waals surface area contributed by atoms with Crippen LogP contribution in [0.5, 0.6) is 0 Å². The van der Waals surface area contributed by atoms with E-state index in [0.29, 0.717) is 22.8 Å². The monoisotopic (exact) mass is 368 g/mol. The summed E-state index contributed by atoms with van der Waals surface area (Å²) in [6.07, 6.45) is 3.98. The summed E-state index contributed by atoms with van der Waals surface area (Å²) in [5, 5.41) is 3.47. The summed E-state index contributed by atoms with van der Waals surface area (Å²) < 4.78 is 1.78.